The predicted molar refractivity (Wildman–Crippen MR) is 113 cm³/mol. The van der Waals surface area contributed by atoms with E-state index in [1.54, 1.807) is 24.5 Å². The maximum absolute atomic E-state index is 12.7. The summed E-state index contributed by atoms with van der Waals surface area (Å²) in [6.07, 6.45) is 6.59. The third-order valence-electron chi connectivity index (χ3n) is 4.35. The van der Waals surface area contributed by atoms with Crippen LogP contribution in [0.3, 0.4) is 0 Å². The van der Waals surface area contributed by atoms with Crippen LogP contribution < -0.4 is 10.1 Å². The average molecular weight is 396 g/mol. The van der Waals surface area contributed by atoms with E-state index in [0.717, 1.165) is 24.8 Å². The molecule has 154 valence electrons. The minimum Gasteiger partial charge on any atom is -0.478 e. The van der Waals surface area contributed by atoms with Crippen LogP contribution in [0.15, 0.2) is 36.7 Å². The molecular formula is C22H29N5O2. The van der Waals surface area contributed by atoms with E-state index in [1.165, 1.54) is 0 Å². The summed E-state index contributed by atoms with van der Waals surface area (Å²) in [5, 5.41) is 12.3. The molecule has 29 heavy (non-hydrogen) atoms. The van der Waals surface area contributed by atoms with Crippen LogP contribution in [0.1, 0.15) is 44.2 Å². The lowest BCUT2D eigenvalue weighted by Crippen LogP contribution is -2.36. The highest BCUT2D eigenvalue weighted by Crippen LogP contribution is 2.11. The lowest BCUT2D eigenvalue weighted by atomic mass is 10.2. The molecule has 1 N–H and O–H groups in total. The predicted octanol–water partition coefficient (Wildman–Crippen LogP) is 3.42. The van der Waals surface area contributed by atoms with Crippen molar-refractivity contribution in [3.8, 4) is 11.9 Å². The molecule has 7 nitrogen and oxygen atoms in total. The molecule has 0 saturated heterocycles. The molecular weight excluding hydrogens is 366 g/mol. The Kier molecular flexibility index (Phi) is 9.43. The molecule has 0 spiro atoms. The van der Waals surface area contributed by atoms with Gasteiger partial charge in [0, 0.05) is 38.1 Å². The van der Waals surface area contributed by atoms with Crippen molar-refractivity contribution in [3.63, 3.8) is 0 Å². The minimum absolute atomic E-state index is 0.0524. The summed E-state index contributed by atoms with van der Waals surface area (Å²) in [6.45, 7) is 6.56. The average Bonchev–Trinajstić information content (AvgIpc) is 2.75. The van der Waals surface area contributed by atoms with E-state index < -0.39 is 0 Å². The zero-order valence-corrected chi connectivity index (χ0v) is 17.2. The summed E-state index contributed by atoms with van der Waals surface area (Å²) >= 11 is 0. The number of carbonyl (C=O) groups is 1. The van der Waals surface area contributed by atoms with Crippen LogP contribution in [0.2, 0.25) is 0 Å². The summed E-state index contributed by atoms with van der Waals surface area (Å²) in [7, 11) is 0. The summed E-state index contributed by atoms with van der Waals surface area (Å²) in [6, 6.07) is 9.26. The van der Waals surface area contributed by atoms with Crippen molar-refractivity contribution in [2.75, 3.05) is 31.6 Å². The van der Waals surface area contributed by atoms with Gasteiger partial charge >= 0.3 is 0 Å². The molecule has 2 aromatic heterocycles. The summed E-state index contributed by atoms with van der Waals surface area (Å²) < 4.78 is 5.56. The molecule has 0 aliphatic rings. The van der Waals surface area contributed by atoms with Gasteiger partial charge in [0.05, 0.1) is 18.6 Å². The Morgan fingerprint density at radius 2 is 2.07 bits per heavy atom. The number of pyridine rings is 2. The summed E-state index contributed by atoms with van der Waals surface area (Å²) in [4.78, 5) is 23.0. The van der Waals surface area contributed by atoms with Gasteiger partial charge in [-0.1, -0.05) is 26.3 Å². The fourth-order valence-electron chi connectivity index (χ4n) is 2.79. The molecule has 2 aromatic rings. The van der Waals surface area contributed by atoms with E-state index in [1.807, 2.05) is 24.0 Å². The summed E-state index contributed by atoms with van der Waals surface area (Å²) in [5.74, 6) is 1.19. The molecule has 1 amide bonds. The first-order chi connectivity index (χ1) is 14.2. The van der Waals surface area contributed by atoms with E-state index in [4.69, 9.17) is 10.00 Å². The third-order valence-corrected chi connectivity index (χ3v) is 4.35. The van der Waals surface area contributed by atoms with Crippen molar-refractivity contribution in [2.24, 2.45) is 0 Å². The molecule has 0 aliphatic heterocycles. The van der Waals surface area contributed by atoms with Crippen molar-refractivity contribution >= 4 is 11.7 Å². The van der Waals surface area contributed by atoms with Crippen LogP contribution in [0.5, 0.6) is 5.88 Å². The number of amides is 1. The van der Waals surface area contributed by atoms with Crippen LogP contribution in [-0.4, -0.2) is 47.0 Å². The van der Waals surface area contributed by atoms with Gasteiger partial charge in [0.1, 0.15) is 11.9 Å². The van der Waals surface area contributed by atoms with Crippen molar-refractivity contribution < 1.29 is 9.53 Å². The molecule has 0 fully saturated rings. The maximum Gasteiger partial charge on any atom is 0.227 e. The number of anilines is 1. The smallest absolute Gasteiger partial charge is 0.227 e. The van der Waals surface area contributed by atoms with Crippen LogP contribution in [0.4, 0.5) is 5.82 Å². The molecule has 2 rings (SSSR count). The Bertz CT molecular complexity index is 802. The van der Waals surface area contributed by atoms with Gasteiger partial charge in [-0.3, -0.25) is 4.79 Å². The number of nitrogens with one attached hydrogen (secondary N) is 1. The quantitative estimate of drug-likeness (QED) is 0.554. The first-order valence-electron chi connectivity index (χ1n) is 10.1. The lowest BCUT2D eigenvalue weighted by Gasteiger charge is -2.22. The molecule has 0 saturated carbocycles. The Morgan fingerprint density at radius 3 is 2.76 bits per heavy atom. The summed E-state index contributed by atoms with van der Waals surface area (Å²) in [5.41, 5.74) is 1.36. The normalized spacial score (nSPS) is 10.2. The third kappa shape index (κ3) is 7.41. The number of rotatable bonds is 12. The molecule has 0 atom stereocenters. The van der Waals surface area contributed by atoms with E-state index in [-0.39, 0.29) is 5.91 Å². The number of hydrogen-bond donors (Lipinski definition) is 1. The first-order valence-corrected chi connectivity index (χ1v) is 10.1. The Morgan fingerprint density at radius 1 is 1.21 bits per heavy atom. The van der Waals surface area contributed by atoms with Gasteiger partial charge in [-0.05, 0) is 30.5 Å². The fraction of sp³-hybridized carbons (Fsp3) is 0.455. The standard InChI is InChI=1S/C22H29N5O2/c1-3-5-14-29-20-9-8-18(17-26-20)15-21(28)27(12-4-2)13-11-25-22-19(16-23)7-6-10-24-22/h6-10,17H,3-5,11-15H2,1-2H3,(H,24,25). The molecule has 0 aromatic carbocycles. The number of ether oxygens (including phenoxy) is 1. The number of aromatic nitrogens is 2. The van der Waals surface area contributed by atoms with E-state index >= 15 is 0 Å². The van der Waals surface area contributed by atoms with Crippen molar-refractivity contribution in [1.82, 2.24) is 14.9 Å². The molecule has 0 unspecified atom stereocenters. The van der Waals surface area contributed by atoms with Crippen molar-refractivity contribution in [3.05, 3.63) is 47.8 Å². The Balaban J connectivity index is 1.87. The monoisotopic (exact) mass is 395 g/mol. The van der Waals surface area contributed by atoms with Gasteiger partial charge in [0.25, 0.3) is 0 Å². The molecule has 7 heteroatoms. The zero-order chi connectivity index (χ0) is 20.9. The number of hydrogen-bond acceptors (Lipinski definition) is 6. The molecule has 2 heterocycles. The second-order valence-electron chi connectivity index (χ2n) is 6.70. The number of nitriles is 1. The van der Waals surface area contributed by atoms with Gasteiger partial charge in [0.2, 0.25) is 11.8 Å². The Labute approximate surface area is 172 Å². The van der Waals surface area contributed by atoms with E-state index in [0.29, 0.717) is 49.9 Å². The second-order valence-corrected chi connectivity index (χ2v) is 6.70. The highest BCUT2D eigenvalue weighted by Gasteiger charge is 2.14. The highest BCUT2D eigenvalue weighted by atomic mass is 16.5. The van der Waals surface area contributed by atoms with Gasteiger partial charge in [-0.15, -0.1) is 0 Å². The minimum atomic E-state index is 0.0524. The largest absolute Gasteiger partial charge is 0.478 e. The lowest BCUT2D eigenvalue weighted by molar-refractivity contribution is -0.130. The van der Waals surface area contributed by atoms with Crippen molar-refractivity contribution in [1.29, 1.82) is 5.26 Å². The molecule has 0 radical (unpaired) electrons. The fourth-order valence-corrected chi connectivity index (χ4v) is 2.79. The van der Waals surface area contributed by atoms with Crippen LogP contribution in [-0.2, 0) is 11.2 Å². The molecule has 0 aliphatic carbocycles. The van der Waals surface area contributed by atoms with E-state index in [9.17, 15) is 4.79 Å². The number of carbonyl (C=O) groups excluding carboxylic acids is 1. The van der Waals surface area contributed by atoms with Gasteiger partial charge < -0.3 is 15.0 Å². The SMILES string of the molecule is CCCCOc1ccc(CC(=O)N(CCC)CCNc2ncccc2C#N)cn1. The van der Waals surface area contributed by atoms with Crippen LogP contribution in [0, 0.1) is 11.3 Å². The van der Waals surface area contributed by atoms with Crippen LogP contribution in [0.25, 0.3) is 0 Å². The topological polar surface area (TPSA) is 91.1 Å². The zero-order valence-electron chi connectivity index (χ0n) is 17.2. The van der Waals surface area contributed by atoms with Gasteiger partial charge in [-0.25, -0.2) is 9.97 Å². The van der Waals surface area contributed by atoms with E-state index in [2.05, 4.69) is 28.3 Å². The Hall–Kier alpha value is -3.14. The molecule has 0 bridgehead atoms. The van der Waals surface area contributed by atoms with Gasteiger partial charge in [-0.2, -0.15) is 5.26 Å². The first kappa shape index (κ1) is 22.2. The highest BCUT2D eigenvalue weighted by molar-refractivity contribution is 5.78. The number of unbranched alkanes of at least 4 members (excludes halogenated alkanes) is 1. The van der Waals surface area contributed by atoms with Crippen LogP contribution >= 0.6 is 0 Å². The number of nitrogens with zero attached hydrogens (tertiary/aromatic N) is 4. The second kappa shape index (κ2) is 12.3. The van der Waals surface area contributed by atoms with Gasteiger partial charge in [0.15, 0.2) is 0 Å². The van der Waals surface area contributed by atoms with Crippen molar-refractivity contribution in [2.45, 2.75) is 39.5 Å². The maximum atomic E-state index is 12.7.